The van der Waals surface area contributed by atoms with E-state index in [4.69, 9.17) is 11.6 Å². The number of nitrogens with zero attached hydrogens (tertiary/aromatic N) is 3. The molecule has 0 spiro atoms. The minimum atomic E-state index is 0.0632. The second-order valence-corrected chi connectivity index (χ2v) is 6.87. The maximum Gasteiger partial charge on any atom is 0.274 e. The van der Waals surface area contributed by atoms with E-state index in [-0.39, 0.29) is 5.91 Å². The highest BCUT2D eigenvalue weighted by atomic mass is 35.5. The van der Waals surface area contributed by atoms with Crippen LogP contribution >= 0.6 is 11.6 Å². The molecular weight excluding hydrogens is 324 g/mol. The second-order valence-electron chi connectivity index (χ2n) is 6.47. The smallest absolute Gasteiger partial charge is 0.274 e. The number of hydrogen-bond acceptors (Lipinski definition) is 3. The number of hydrogen-bond donors (Lipinski definition) is 1. The number of aromatic nitrogens is 2. The van der Waals surface area contributed by atoms with Crippen LogP contribution in [0.2, 0.25) is 5.02 Å². The van der Waals surface area contributed by atoms with Gasteiger partial charge in [-0.15, -0.1) is 0 Å². The molecule has 0 saturated carbocycles. The molecule has 1 fully saturated rings. The molecule has 2 heterocycles. The molecule has 1 amide bonds. The fourth-order valence-corrected chi connectivity index (χ4v) is 3.92. The number of nitrogens with one attached hydrogen (secondary N) is 1. The highest BCUT2D eigenvalue weighted by Gasteiger charge is 2.28. The van der Waals surface area contributed by atoms with E-state index in [0.717, 1.165) is 54.3 Å². The predicted molar refractivity (Wildman–Crippen MR) is 94.8 cm³/mol. The molecule has 0 radical (unpaired) electrons. The highest BCUT2D eigenvalue weighted by molar-refractivity contribution is 6.33. The number of amides is 1. The number of halogens is 1. The summed E-state index contributed by atoms with van der Waals surface area (Å²) < 4.78 is 0. The Balaban J connectivity index is 1.45. The number of piperazine rings is 1. The van der Waals surface area contributed by atoms with Gasteiger partial charge in [0, 0.05) is 37.4 Å². The Morgan fingerprint density at radius 2 is 1.83 bits per heavy atom. The Labute approximate surface area is 146 Å². The number of benzene rings is 1. The lowest BCUT2D eigenvalue weighted by atomic mass is 9.95. The van der Waals surface area contributed by atoms with Gasteiger partial charge in [-0.05, 0) is 37.8 Å². The molecule has 0 bridgehead atoms. The van der Waals surface area contributed by atoms with Crippen molar-refractivity contribution in [2.75, 3.05) is 31.1 Å². The third kappa shape index (κ3) is 2.77. The molecule has 1 saturated heterocycles. The Hall–Kier alpha value is -2.01. The number of carbonyl (C=O) groups excluding carboxylic acids is 1. The number of H-pyrrole nitrogens is 1. The molecule has 4 rings (SSSR count). The van der Waals surface area contributed by atoms with Crippen molar-refractivity contribution in [2.24, 2.45) is 0 Å². The van der Waals surface area contributed by atoms with Crippen LogP contribution in [0.5, 0.6) is 0 Å². The van der Waals surface area contributed by atoms with Gasteiger partial charge in [-0.25, -0.2) is 0 Å². The molecule has 2 aromatic rings. The van der Waals surface area contributed by atoms with Crippen LogP contribution in [-0.2, 0) is 12.8 Å². The zero-order valence-corrected chi connectivity index (χ0v) is 14.4. The number of rotatable bonds is 2. The molecule has 1 N–H and O–H groups in total. The van der Waals surface area contributed by atoms with Gasteiger partial charge in [-0.3, -0.25) is 9.89 Å². The summed E-state index contributed by atoms with van der Waals surface area (Å²) in [7, 11) is 0. The molecule has 24 heavy (non-hydrogen) atoms. The summed E-state index contributed by atoms with van der Waals surface area (Å²) in [4.78, 5) is 17.0. The normalized spacial score (nSPS) is 17.7. The second kappa shape index (κ2) is 6.48. The summed E-state index contributed by atoms with van der Waals surface area (Å²) in [6, 6.07) is 7.87. The summed E-state index contributed by atoms with van der Waals surface area (Å²) in [5, 5.41) is 8.14. The van der Waals surface area contributed by atoms with Gasteiger partial charge in [0.1, 0.15) is 0 Å². The van der Waals surface area contributed by atoms with Crippen molar-refractivity contribution in [2.45, 2.75) is 25.7 Å². The lowest BCUT2D eigenvalue weighted by Gasteiger charge is -2.36. The van der Waals surface area contributed by atoms with Gasteiger partial charge >= 0.3 is 0 Å². The van der Waals surface area contributed by atoms with Crippen LogP contribution in [0.4, 0.5) is 5.69 Å². The minimum absolute atomic E-state index is 0.0632. The third-order valence-electron chi connectivity index (χ3n) is 5.02. The number of fused-ring (bicyclic) bond motifs is 1. The Morgan fingerprint density at radius 1 is 1.08 bits per heavy atom. The summed E-state index contributed by atoms with van der Waals surface area (Å²) in [6.45, 7) is 2.99. The molecule has 0 atom stereocenters. The van der Waals surface area contributed by atoms with Crippen LogP contribution in [0.15, 0.2) is 24.3 Å². The van der Waals surface area contributed by atoms with Gasteiger partial charge in [0.25, 0.3) is 5.91 Å². The predicted octanol–water partition coefficient (Wildman–Crippen LogP) is 2.90. The summed E-state index contributed by atoms with van der Waals surface area (Å²) in [5.74, 6) is 0.0632. The Bertz CT molecular complexity index is 749. The fourth-order valence-electron chi connectivity index (χ4n) is 3.67. The van der Waals surface area contributed by atoms with Crippen LogP contribution in [-0.4, -0.2) is 47.2 Å². The first kappa shape index (κ1) is 15.5. The van der Waals surface area contributed by atoms with Crippen LogP contribution < -0.4 is 4.90 Å². The first-order valence-electron chi connectivity index (χ1n) is 8.59. The van der Waals surface area contributed by atoms with E-state index in [1.807, 2.05) is 29.2 Å². The minimum Gasteiger partial charge on any atom is -0.367 e. The molecule has 126 valence electrons. The van der Waals surface area contributed by atoms with E-state index >= 15 is 0 Å². The third-order valence-corrected chi connectivity index (χ3v) is 5.34. The number of aromatic amines is 1. The standard InChI is InChI=1S/C18H21ClN4O/c19-14-6-2-4-8-16(14)22-9-11-23(12-10-22)18(24)17-13-5-1-3-7-15(13)20-21-17/h2,4,6,8H,1,3,5,7,9-12H2,(H,20,21). The van der Waals surface area contributed by atoms with Crippen molar-refractivity contribution < 1.29 is 4.79 Å². The first-order valence-corrected chi connectivity index (χ1v) is 8.96. The zero-order valence-electron chi connectivity index (χ0n) is 13.6. The van der Waals surface area contributed by atoms with E-state index in [1.165, 1.54) is 6.42 Å². The molecule has 5 nitrogen and oxygen atoms in total. The Morgan fingerprint density at radius 3 is 2.62 bits per heavy atom. The largest absolute Gasteiger partial charge is 0.367 e. The van der Waals surface area contributed by atoms with Gasteiger partial charge in [0.15, 0.2) is 5.69 Å². The number of carbonyl (C=O) groups is 1. The van der Waals surface area contributed by atoms with Crippen molar-refractivity contribution in [1.29, 1.82) is 0 Å². The molecule has 1 aromatic carbocycles. The zero-order chi connectivity index (χ0) is 16.5. The molecule has 0 unspecified atom stereocenters. The lowest BCUT2D eigenvalue weighted by molar-refractivity contribution is 0.0739. The van der Waals surface area contributed by atoms with Crippen LogP contribution in [0.3, 0.4) is 0 Å². The molecular formula is C18H21ClN4O. The van der Waals surface area contributed by atoms with Crippen LogP contribution in [0, 0.1) is 0 Å². The maximum atomic E-state index is 12.8. The van der Waals surface area contributed by atoms with Crippen LogP contribution in [0.1, 0.15) is 34.6 Å². The Kier molecular flexibility index (Phi) is 4.19. The summed E-state index contributed by atoms with van der Waals surface area (Å²) >= 11 is 6.28. The van der Waals surface area contributed by atoms with Crippen molar-refractivity contribution in [1.82, 2.24) is 15.1 Å². The van der Waals surface area contributed by atoms with Gasteiger partial charge < -0.3 is 9.80 Å². The average Bonchev–Trinajstić information content (AvgIpc) is 3.06. The molecule has 1 aliphatic heterocycles. The summed E-state index contributed by atoms with van der Waals surface area (Å²) in [5.41, 5.74) is 3.97. The van der Waals surface area contributed by atoms with Crippen LogP contribution in [0.25, 0.3) is 0 Å². The number of para-hydroxylation sites is 1. The van der Waals surface area contributed by atoms with E-state index < -0.39 is 0 Å². The monoisotopic (exact) mass is 344 g/mol. The molecule has 1 aromatic heterocycles. The fraction of sp³-hybridized carbons (Fsp3) is 0.444. The summed E-state index contributed by atoms with van der Waals surface area (Å²) in [6.07, 6.45) is 4.30. The van der Waals surface area contributed by atoms with E-state index in [1.54, 1.807) is 0 Å². The topological polar surface area (TPSA) is 52.2 Å². The average molecular weight is 345 g/mol. The van der Waals surface area contributed by atoms with Gasteiger partial charge in [0.05, 0.1) is 10.7 Å². The van der Waals surface area contributed by atoms with E-state index in [9.17, 15) is 4.79 Å². The van der Waals surface area contributed by atoms with Crippen molar-refractivity contribution >= 4 is 23.2 Å². The lowest BCUT2D eigenvalue weighted by Crippen LogP contribution is -2.49. The molecule has 6 heteroatoms. The SMILES string of the molecule is O=C(c1n[nH]c2c1CCCC2)N1CCN(c2ccccc2Cl)CC1. The molecule has 2 aliphatic rings. The number of aryl methyl sites for hydroxylation is 1. The van der Waals surface area contributed by atoms with Crippen molar-refractivity contribution in [3.8, 4) is 0 Å². The van der Waals surface area contributed by atoms with Crippen molar-refractivity contribution in [3.63, 3.8) is 0 Å². The van der Waals surface area contributed by atoms with E-state index in [0.29, 0.717) is 18.8 Å². The quantitative estimate of drug-likeness (QED) is 0.911. The van der Waals surface area contributed by atoms with E-state index in [2.05, 4.69) is 15.1 Å². The van der Waals surface area contributed by atoms with Gasteiger partial charge in [-0.1, -0.05) is 23.7 Å². The van der Waals surface area contributed by atoms with Gasteiger partial charge in [0.2, 0.25) is 0 Å². The maximum absolute atomic E-state index is 12.8. The highest BCUT2D eigenvalue weighted by Crippen LogP contribution is 2.27. The van der Waals surface area contributed by atoms with Gasteiger partial charge in [-0.2, -0.15) is 5.10 Å². The molecule has 1 aliphatic carbocycles. The van der Waals surface area contributed by atoms with Crippen molar-refractivity contribution in [3.05, 3.63) is 46.2 Å². The first-order chi connectivity index (χ1) is 11.7. The number of anilines is 1.